The molecule has 0 saturated carbocycles. The van der Waals surface area contributed by atoms with Gasteiger partial charge >= 0.3 is 0 Å². The fourth-order valence-corrected chi connectivity index (χ4v) is 1.17. The zero-order valence-electron chi connectivity index (χ0n) is 7.72. The molecule has 3 nitrogen and oxygen atoms in total. The SMILES string of the molecule is CCc1nc(OC)c(N)cc1C. The van der Waals surface area contributed by atoms with Gasteiger partial charge in [-0.15, -0.1) is 0 Å². The van der Waals surface area contributed by atoms with Gasteiger partial charge in [-0.3, -0.25) is 0 Å². The molecule has 0 aromatic carbocycles. The van der Waals surface area contributed by atoms with E-state index in [0.29, 0.717) is 11.6 Å². The monoisotopic (exact) mass is 166 g/mol. The third-order valence-corrected chi connectivity index (χ3v) is 1.84. The summed E-state index contributed by atoms with van der Waals surface area (Å²) in [5, 5.41) is 0. The van der Waals surface area contributed by atoms with Gasteiger partial charge in [-0.05, 0) is 25.0 Å². The van der Waals surface area contributed by atoms with Crippen molar-refractivity contribution in [3.05, 3.63) is 17.3 Å². The van der Waals surface area contributed by atoms with E-state index in [1.54, 1.807) is 7.11 Å². The van der Waals surface area contributed by atoms with Crippen molar-refractivity contribution in [3.8, 4) is 5.88 Å². The zero-order chi connectivity index (χ0) is 9.14. The summed E-state index contributed by atoms with van der Waals surface area (Å²) in [6.07, 6.45) is 0.905. The molecule has 12 heavy (non-hydrogen) atoms. The van der Waals surface area contributed by atoms with Crippen molar-refractivity contribution in [2.75, 3.05) is 12.8 Å². The Labute approximate surface area is 72.6 Å². The van der Waals surface area contributed by atoms with E-state index < -0.39 is 0 Å². The Balaban J connectivity index is 3.18. The van der Waals surface area contributed by atoms with Gasteiger partial charge in [0.25, 0.3) is 0 Å². The van der Waals surface area contributed by atoms with E-state index in [-0.39, 0.29) is 0 Å². The second-order valence-electron chi connectivity index (χ2n) is 2.70. The van der Waals surface area contributed by atoms with Crippen molar-refractivity contribution in [3.63, 3.8) is 0 Å². The molecule has 0 bridgehead atoms. The van der Waals surface area contributed by atoms with Crippen LogP contribution in [0.1, 0.15) is 18.2 Å². The number of hydrogen-bond acceptors (Lipinski definition) is 3. The average molecular weight is 166 g/mol. The van der Waals surface area contributed by atoms with E-state index in [2.05, 4.69) is 11.9 Å². The summed E-state index contributed by atoms with van der Waals surface area (Å²) < 4.78 is 5.01. The largest absolute Gasteiger partial charge is 0.480 e. The van der Waals surface area contributed by atoms with Gasteiger partial charge in [0.1, 0.15) is 0 Å². The van der Waals surface area contributed by atoms with E-state index in [1.807, 2.05) is 13.0 Å². The maximum absolute atomic E-state index is 5.67. The van der Waals surface area contributed by atoms with Crippen LogP contribution in [0.2, 0.25) is 0 Å². The van der Waals surface area contributed by atoms with Crippen molar-refractivity contribution >= 4 is 5.69 Å². The zero-order valence-corrected chi connectivity index (χ0v) is 7.72. The van der Waals surface area contributed by atoms with Crippen molar-refractivity contribution < 1.29 is 4.74 Å². The van der Waals surface area contributed by atoms with Crippen LogP contribution in [0, 0.1) is 6.92 Å². The summed E-state index contributed by atoms with van der Waals surface area (Å²) in [5.74, 6) is 0.525. The van der Waals surface area contributed by atoms with Crippen molar-refractivity contribution in [2.24, 2.45) is 0 Å². The minimum Gasteiger partial charge on any atom is -0.480 e. The van der Waals surface area contributed by atoms with Crippen LogP contribution in [0.5, 0.6) is 5.88 Å². The van der Waals surface area contributed by atoms with Gasteiger partial charge in [0.15, 0.2) is 0 Å². The number of hydrogen-bond donors (Lipinski definition) is 1. The average Bonchev–Trinajstić information content (AvgIpc) is 2.05. The highest BCUT2D eigenvalue weighted by Gasteiger charge is 2.04. The number of anilines is 1. The van der Waals surface area contributed by atoms with Gasteiger partial charge in [0.2, 0.25) is 5.88 Å². The topological polar surface area (TPSA) is 48.1 Å². The number of aromatic nitrogens is 1. The first-order valence-electron chi connectivity index (χ1n) is 3.99. The molecule has 1 aromatic rings. The number of rotatable bonds is 2. The fourth-order valence-electron chi connectivity index (χ4n) is 1.17. The molecule has 0 saturated heterocycles. The van der Waals surface area contributed by atoms with Crippen molar-refractivity contribution in [2.45, 2.75) is 20.3 Å². The number of aryl methyl sites for hydroxylation is 2. The van der Waals surface area contributed by atoms with Gasteiger partial charge in [-0.25, -0.2) is 4.98 Å². The van der Waals surface area contributed by atoms with Crippen LogP contribution in [0.25, 0.3) is 0 Å². The molecular formula is C9H14N2O. The van der Waals surface area contributed by atoms with Gasteiger partial charge in [-0.2, -0.15) is 0 Å². The molecule has 0 aliphatic carbocycles. The molecule has 1 rings (SSSR count). The molecular weight excluding hydrogens is 152 g/mol. The van der Waals surface area contributed by atoms with Crippen molar-refractivity contribution in [1.82, 2.24) is 4.98 Å². The first-order chi connectivity index (χ1) is 5.69. The first-order valence-corrected chi connectivity index (χ1v) is 3.99. The molecule has 0 atom stereocenters. The Morgan fingerprint density at radius 3 is 2.75 bits per heavy atom. The highest BCUT2D eigenvalue weighted by Crippen LogP contribution is 2.21. The minimum atomic E-state index is 0.525. The van der Waals surface area contributed by atoms with E-state index in [4.69, 9.17) is 10.5 Å². The Kier molecular flexibility index (Phi) is 2.53. The van der Waals surface area contributed by atoms with Crippen LogP contribution in [-0.4, -0.2) is 12.1 Å². The summed E-state index contributed by atoms with van der Waals surface area (Å²) in [7, 11) is 1.58. The van der Waals surface area contributed by atoms with E-state index in [1.165, 1.54) is 0 Å². The number of nitrogens with zero attached hydrogens (tertiary/aromatic N) is 1. The lowest BCUT2D eigenvalue weighted by Gasteiger charge is -2.07. The number of ether oxygens (including phenoxy) is 1. The van der Waals surface area contributed by atoms with Crippen LogP contribution < -0.4 is 10.5 Å². The summed E-state index contributed by atoms with van der Waals surface area (Å²) in [4.78, 5) is 4.26. The second kappa shape index (κ2) is 3.43. The molecule has 0 radical (unpaired) electrons. The summed E-state index contributed by atoms with van der Waals surface area (Å²) in [6, 6.07) is 1.89. The molecule has 0 fully saturated rings. The molecule has 0 aliphatic heterocycles. The van der Waals surface area contributed by atoms with Crippen LogP contribution in [0.3, 0.4) is 0 Å². The Morgan fingerprint density at radius 2 is 2.25 bits per heavy atom. The normalized spacial score (nSPS) is 9.92. The molecule has 0 spiro atoms. The van der Waals surface area contributed by atoms with Gasteiger partial charge in [-0.1, -0.05) is 6.92 Å². The Morgan fingerprint density at radius 1 is 1.58 bits per heavy atom. The van der Waals surface area contributed by atoms with Crippen LogP contribution in [0.15, 0.2) is 6.07 Å². The number of nitrogens with two attached hydrogens (primary N) is 1. The number of pyridine rings is 1. The quantitative estimate of drug-likeness (QED) is 0.725. The van der Waals surface area contributed by atoms with Gasteiger partial charge in [0.05, 0.1) is 12.8 Å². The van der Waals surface area contributed by atoms with E-state index >= 15 is 0 Å². The highest BCUT2D eigenvalue weighted by atomic mass is 16.5. The molecule has 0 aliphatic rings. The first kappa shape index (κ1) is 8.84. The van der Waals surface area contributed by atoms with E-state index in [9.17, 15) is 0 Å². The highest BCUT2D eigenvalue weighted by molar-refractivity contribution is 5.50. The summed E-state index contributed by atoms with van der Waals surface area (Å²) >= 11 is 0. The molecule has 3 heteroatoms. The molecule has 0 unspecified atom stereocenters. The fraction of sp³-hybridized carbons (Fsp3) is 0.444. The third kappa shape index (κ3) is 1.49. The summed E-state index contributed by atoms with van der Waals surface area (Å²) in [6.45, 7) is 4.06. The third-order valence-electron chi connectivity index (χ3n) is 1.84. The lowest BCUT2D eigenvalue weighted by molar-refractivity contribution is 0.398. The van der Waals surface area contributed by atoms with Crippen LogP contribution in [0.4, 0.5) is 5.69 Å². The molecule has 2 N–H and O–H groups in total. The lowest BCUT2D eigenvalue weighted by atomic mass is 10.1. The molecule has 66 valence electrons. The lowest BCUT2D eigenvalue weighted by Crippen LogP contribution is -2.00. The maximum atomic E-state index is 5.67. The molecule has 0 amide bonds. The Hall–Kier alpha value is -1.25. The summed E-state index contributed by atoms with van der Waals surface area (Å²) in [5.41, 5.74) is 8.44. The molecule has 1 aromatic heterocycles. The minimum absolute atomic E-state index is 0.525. The van der Waals surface area contributed by atoms with Crippen LogP contribution >= 0.6 is 0 Å². The molecule has 1 heterocycles. The predicted octanol–water partition coefficient (Wildman–Crippen LogP) is 1.54. The van der Waals surface area contributed by atoms with Gasteiger partial charge < -0.3 is 10.5 Å². The Bertz CT molecular complexity index is 259. The second-order valence-corrected chi connectivity index (χ2v) is 2.70. The number of nitrogen functional groups attached to an aromatic ring is 1. The smallest absolute Gasteiger partial charge is 0.237 e. The van der Waals surface area contributed by atoms with Crippen LogP contribution in [-0.2, 0) is 6.42 Å². The standard InChI is InChI=1S/C9H14N2O/c1-4-8-6(2)5-7(10)9(11-8)12-3/h5H,4,10H2,1-3H3. The predicted molar refractivity (Wildman–Crippen MR) is 49.3 cm³/mol. The maximum Gasteiger partial charge on any atom is 0.237 e. The van der Waals surface area contributed by atoms with E-state index in [0.717, 1.165) is 17.7 Å². The number of methoxy groups -OCH3 is 1. The van der Waals surface area contributed by atoms with Gasteiger partial charge in [0, 0.05) is 5.69 Å². The van der Waals surface area contributed by atoms with Crippen molar-refractivity contribution in [1.29, 1.82) is 0 Å².